The van der Waals surface area contributed by atoms with Crippen LogP contribution in [0.2, 0.25) is 0 Å². The Labute approximate surface area is 126 Å². The second-order valence-electron chi connectivity index (χ2n) is 5.15. The molecule has 2 aromatic rings. The largest absolute Gasteiger partial charge is 0.496 e. The first-order valence-corrected chi connectivity index (χ1v) is 7.04. The van der Waals surface area contributed by atoms with Gasteiger partial charge >= 0.3 is 0 Å². The number of ether oxygens (including phenoxy) is 2. The van der Waals surface area contributed by atoms with Crippen molar-refractivity contribution < 1.29 is 9.47 Å². The molecular formula is C17H22N2O2. The molecule has 1 aromatic heterocycles. The number of methoxy groups -OCH3 is 2. The molecule has 0 aliphatic heterocycles. The summed E-state index contributed by atoms with van der Waals surface area (Å²) in [7, 11) is 3.32. The van der Waals surface area contributed by atoms with Crippen molar-refractivity contribution in [2.24, 2.45) is 0 Å². The number of aromatic nitrogens is 1. The SMILES string of the molecule is COc1cc(-c2ccc(OC)c(CNC(C)C)c2)ccn1. The fraction of sp³-hybridized carbons (Fsp3) is 0.353. The maximum Gasteiger partial charge on any atom is 0.213 e. The van der Waals surface area contributed by atoms with Gasteiger partial charge < -0.3 is 14.8 Å². The van der Waals surface area contributed by atoms with Gasteiger partial charge in [-0.15, -0.1) is 0 Å². The van der Waals surface area contributed by atoms with Crippen molar-refractivity contribution in [3.8, 4) is 22.8 Å². The zero-order valence-electron chi connectivity index (χ0n) is 13.0. The van der Waals surface area contributed by atoms with Gasteiger partial charge in [0.15, 0.2) is 0 Å². The first-order valence-electron chi connectivity index (χ1n) is 7.04. The zero-order chi connectivity index (χ0) is 15.2. The summed E-state index contributed by atoms with van der Waals surface area (Å²) in [4.78, 5) is 4.14. The van der Waals surface area contributed by atoms with Crippen molar-refractivity contribution in [1.29, 1.82) is 0 Å². The average Bonchev–Trinajstić information content (AvgIpc) is 2.52. The summed E-state index contributed by atoms with van der Waals surface area (Å²) in [5.41, 5.74) is 3.34. The van der Waals surface area contributed by atoms with Crippen molar-refractivity contribution in [1.82, 2.24) is 10.3 Å². The average molecular weight is 286 g/mol. The molecular weight excluding hydrogens is 264 g/mol. The van der Waals surface area contributed by atoms with Crippen molar-refractivity contribution in [2.45, 2.75) is 26.4 Å². The Morgan fingerprint density at radius 2 is 1.81 bits per heavy atom. The summed E-state index contributed by atoms with van der Waals surface area (Å²) < 4.78 is 10.6. The molecule has 0 fully saturated rings. The van der Waals surface area contributed by atoms with Crippen molar-refractivity contribution in [2.75, 3.05) is 14.2 Å². The quantitative estimate of drug-likeness (QED) is 0.885. The lowest BCUT2D eigenvalue weighted by Gasteiger charge is -2.14. The van der Waals surface area contributed by atoms with E-state index in [0.717, 1.165) is 29.0 Å². The van der Waals surface area contributed by atoms with E-state index in [1.807, 2.05) is 24.3 Å². The third kappa shape index (κ3) is 3.95. The van der Waals surface area contributed by atoms with Crippen LogP contribution < -0.4 is 14.8 Å². The first-order chi connectivity index (χ1) is 10.1. The van der Waals surface area contributed by atoms with Gasteiger partial charge in [-0.3, -0.25) is 0 Å². The second kappa shape index (κ2) is 7.09. The monoisotopic (exact) mass is 286 g/mol. The molecule has 0 bridgehead atoms. The van der Waals surface area contributed by atoms with Crippen LogP contribution in [0.15, 0.2) is 36.5 Å². The first kappa shape index (κ1) is 15.3. The normalized spacial score (nSPS) is 10.7. The topological polar surface area (TPSA) is 43.4 Å². The molecule has 21 heavy (non-hydrogen) atoms. The third-order valence-electron chi connectivity index (χ3n) is 3.26. The summed E-state index contributed by atoms with van der Waals surface area (Å²) in [6.45, 7) is 5.03. The van der Waals surface area contributed by atoms with Crippen molar-refractivity contribution in [3.63, 3.8) is 0 Å². The molecule has 0 radical (unpaired) electrons. The maximum atomic E-state index is 5.44. The Morgan fingerprint density at radius 1 is 1.05 bits per heavy atom. The molecule has 0 unspecified atom stereocenters. The van der Waals surface area contributed by atoms with Gasteiger partial charge in [-0.25, -0.2) is 4.98 Å². The van der Waals surface area contributed by atoms with E-state index < -0.39 is 0 Å². The molecule has 4 heteroatoms. The molecule has 2 rings (SSSR count). The third-order valence-corrected chi connectivity index (χ3v) is 3.26. The lowest BCUT2D eigenvalue weighted by molar-refractivity contribution is 0.398. The number of rotatable bonds is 6. The number of hydrogen-bond donors (Lipinski definition) is 1. The smallest absolute Gasteiger partial charge is 0.213 e. The minimum absolute atomic E-state index is 0.430. The Morgan fingerprint density at radius 3 is 2.48 bits per heavy atom. The highest BCUT2D eigenvalue weighted by Crippen LogP contribution is 2.28. The summed E-state index contributed by atoms with van der Waals surface area (Å²) >= 11 is 0. The van der Waals surface area contributed by atoms with Crippen LogP contribution in [-0.2, 0) is 6.54 Å². The lowest BCUT2D eigenvalue weighted by Crippen LogP contribution is -2.22. The molecule has 112 valence electrons. The molecule has 0 aliphatic carbocycles. The summed E-state index contributed by atoms with van der Waals surface area (Å²) in [6.07, 6.45) is 1.75. The van der Waals surface area contributed by atoms with E-state index in [2.05, 4.69) is 30.2 Å². The van der Waals surface area contributed by atoms with E-state index in [1.54, 1.807) is 20.4 Å². The second-order valence-corrected chi connectivity index (χ2v) is 5.15. The molecule has 1 heterocycles. The van der Waals surface area contributed by atoms with E-state index in [4.69, 9.17) is 9.47 Å². The van der Waals surface area contributed by atoms with Gasteiger partial charge in [-0.1, -0.05) is 19.9 Å². The van der Waals surface area contributed by atoms with Crippen LogP contribution in [0, 0.1) is 0 Å². The van der Waals surface area contributed by atoms with Crippen molar-refractivity contribution >= 4 is 0 Å². The van der Waals surface area contributed by atoms with Crippen LogP contribution in [0.1, 0.15) is 19.4 Å². The van der Waals surface area contributed by atoms with Crippen LogP contribution in [0.3, 0.4) is 0 Å². The van der Waals surface area contributed by atoms with E-state index in [0.29, 0.717) is 11.9 Å². The van der Waals surface area contributed by atoms with Gasteiger partial charge in [0.25, 0.3) is 0 Å². The van der Waals surface area contributed by atoms with E-state index in [9.17, 15) is 0 Å². The van der Waals surface area contributed by atoms with Crippen LogP contribution >= 0.6 is 0 Å². The van der Waals surface area contributed by atoms with Gasteiger partial charge in [0.2, 0.25) is 5.88 Å². The van der Waals surface area contributed by atoms with Gasteiger partial charge in [0.05, 0.1) is 14.2 Å². The molecule has 0 amide bonds. The number of hydrogen-bond acceptors (Lipinski definition) is 4. The highest BCUT2D eigenvalue weighted by atomic mass is 16.5. The van der Waals surface area contributed by atoms with Crippen LogP contribution in [0.5, 0.6) is 11.6 Å². The van der Waals surface area contributed by atoms with E-state index in [1.165, 1.54) is 0 Å². The minimum Gasteiger partial charge on any atom is -0.496 e. The maximum absolute atomic E-state index is 5.44. The summed E-state index contributed by atoms with van der Waals surface area (Å²) in [5, 5.41) is 3.42. The summed E-state index contributed by atoms with van der Waals surface area (Å²) in [5.74, 6) is 1.51. The van der Waals surface area contributed by atoms with Gasteiger partial charge in [0, 0.05) is 30.4 Å². The number of nitrogens with one attached hydrogen (secondary N) is 1. The Balaban J connectivity index is 2.33. The molecule has 1 N–H and O–H groups in total. The zero-order valence-corrected chi connectivity index (χ0v) is 13.0. The predicted molar refractivity (Wildman–Crippen MR) is 84.8 cm³/mol. The Kier molecular flexibility index (Phi) is 5.17. The molecule has 0 atom stereocenters. The number of benzene rings is 1. The molecule has 0 aliphatic rings. The number of nitrogens with zero attached hydrogens (tertiary/aromatic N) is 1. The van der Waals surface area contributed by atoms with E-state index in [-0.39, 0.29) is 0 Å². The number of pyridine rings is 1. The van der Waals surface area contributed by atoms with E-state index >= 15 is 0 Å². The predicted octanol–water partition coefficient (Wildman–Crippen LogP) is 3.26. The molecule has 0 saturated carbocycles. The van der Waals surface area contributed by atoms with Crippen molar-refractivity contribution in [3.05, 3.63) is 42.1 Å². The Hall–Kier alpha value is -2.07. The molecule has 0 saturated heterocycles. The molecule has 1 aromatic carbocycles. The fourth-order valence-electron chi connectivity index (χ4n) is 2.11. The minimum atomic E-state index is 0.430. The van der Waals surface area contributed by atoms with Crippen LogP contribution in [-0.4, -0.2) is 25.2 Å². The van der Waals surface area contributed by atoms with Gasteiger partial charge in [0.1, 0.15) is 5.75 Å². The standard InChI is InChI=1S/C17H22N2O2/c1-12(2)19-11-15-9-13(5-6-16(15)20-3)14-7-8-18-17(10-14)21-4/h5-10,12,19H,11H2,1-4H3. The van der Waals surface area contributed by atoms with Crippen LogP contribution in [0.4, 0.5) is 0 Å². The highest BCUT2D eigenvalue weighted by Gasteiger charge is 2.07. The van der Waals surface area contributed by atoms with Gasteiger partial charge in [-0.2, -0.15) is 0 Å². The van der Waals surface area contributed by atoms with Gasteiger partial charge in [-0.05, 0) is 29.3 Å². The van der Waals surface area contributed by atoms with Crippen LogP contribution in [0.25, 0.3) is 11.1 Å². The molecule has 4 nitrogen and oxygen atoms in total. The Bertz CT molecular complexity index is 597. The summed E-state index contributed by atoms with van der Waals surface area (Å²) in [6, 6.07) is 10.5. The molecule has 0 spiro atoms. The fourth-order valence-corrected chi connectivity index (χ4v) is 2.11. The lowest BCUT2D eigenvalue weighted by atomic mass is 10.0. The highest BCUT2D eigenvalue weighted by molar-refractivity contribution is 5.66.